The fourth-order valence-corrected chi connectivity index (χ4v) is 2.52. The molecule has 1 heterocycles. The zero-order valence-corrected chi connectivity index (χ0v) is 11.7. The third kappa shape index (κ3) is 2.75. The number of nitrogens with one attached hydrogen (secondary N) is 1. The lowest BCUT2D eigenvalue weighted by Gasteiger charge is -2.26. The summed E-state index contributed by atoms with van der Waals surface area (Å²) in [4.78, 5) is 12.3. The number of carbonyl (C=O) groups excluding carboxylic acids is 1. The molecule has 1 N–H and O–H groups in total. The number of amides is 1. The normalized spacial score (nSPS) is 16.8. The van der Waals surface area contributed by atoms with Crippen molar-refractivity contribution in [3.8, 4) is 5.75 Å². The molecule has 1 unspecified atom stereocenters. The third-order valence-corrected chi connectivity index (χ3v) is 3.68. The van der Waals surface area contributed by atoms with E-state index in [2.05, 4.69) is 5.32 Å². The van der Waals surface area contributed by atoms with Gasteiger partial charge in [-0.2, -0.15) is 0 Å². The highest BCUT2D eigenvalue weighted by molar-refractivity contribution is 5.94. The van der Waals surface area contributed by atoms with Crippen LogP contribution in [0.3, 0.4) is 0 Å². The molecule has 1 aliphatic heterocycles. The molecule has 0 saturated heterocycles. The van der Waals surface area contributed by atoms with E-state index in [1.54, 1.807) is 13.0 Å². The van der Waals surface area contributed by atoms with Crippen molar-refractivity contribution in [3.63, 3.8) is 0 Å². The van der Waals surface area contributed by atoms with Crippen LogP contribution in [0.1, 0.15) is 33.9 Å². The number of aryl methyl sites for hydroxylation is 1. The molecule has 0 aromatic heterocycles. The van der Waals surface area contributed by atoms with Crippen LogP contribution in [0.2, 0.25) is 0 Å². The van der Waals surface area contributed by atoms with Crippen LogP contribution in [-0.2, 0) is 0 Å². The third-order valence-electron chi connectivity index (χ3n) is 3.68. The van der Waals surface area contributed by atoms with E-state index < -0.39 is 0 Å². The zero-order chi connectivity index (χ0) is 14.8. The first-order chi connectivity index (χ1) is 10.1. The first-order valence-electron chi connectivity index (χ1n) is 6.94. The van der Waals surface area contributed by atoms with Gasteiger partial charge in [0.2, 0.25) is 0 Å². The lowest BCUT2D eigenvalue weighted by Crippen LogP contribution is -2.32. The smallest absolute Gasteiger partial charge is 0.251 e. The van der Waals surface area contributed by atoms with Crippen molar-refractivity contribution in [2.24, 2.45) is 0 Å². The molecule has 0 bridgehead atoms. The van der Waals surface area contributed by atoms with Crippen LogP contribution in [0.4, 0.5) is 4.39 Å². The van der Waals surface area contributed by atoms with Crippen molar-refractivity contribution in [3.05, 3.63) is 65.0 Å². The number of hydrogen-bond acceptors (Lipinski definition) is 2. The lowest BCUT2D eigenvalue weighted by atomic mass is 10.00. The quantitative estimate of drug-likeness (QED) is 0.918. The summed E-state index contributed by atoms with van der Waals surface area (Å²) in [6.45, 7) is 2.22. The molecule has 2 aromatic carbocycles. The summed E-state index contributed by atoms with van der Waals surface area (Å²) >= 11 is 0. The van der Waals surface area contributed by atoms with Crippen LogP contribution in [0.15, 0.2) is 42.5 Å². The van der Waals surface area contributed by atoms with Gasteiger partial charge in [-0.25, -0.2) is 4.39 Å². The van der Waals surface area contributed by atoms with Gasteiger partial charge in [-0.05, 0) is 36.8 Å². The summed E-state index contributed by atoms with van der Waals surface area (Å²) in [7, 11) is 0. The maximum atomic E-state index is 13.3. The Morgan fingerprint density at radius 3 is 2.90 bits per heavy atom. The SMILES string of the molecule is Cc1cc(C(=O)NC2CCOc3ccccc32)ccc1F. The summed E-state index contributed by atoms with van der Waals surface area (Å²) < 4.78 is 18.8. The first-order valence-corrected chi connectivity index (χ1v) is 6.94. The van der Waals surface area contributed by atoms with E-state index in [-0.39, 0.29) is 17.8 Å². The minimum atomic E-state index is -0.303. The number of rotatable bonds is 2. The van der Waals surface area contributed by atoms with E-state index in [4.69, 9.17) is 4.74 Å². The Balaban J connectivity index is 1.81. The van der Waals surface area contributed by atoms with E-state index >= 15 is 0 Å². The molecule has 0 fully saturated rings. The predicted octanol–water partition coefficient (Wildman–Crippen LogP) is 3.39. The van der Waals surface area contributed by atoms with E-state index in [1.807, 2.05) is 24.3 Å². The fraction of sp³-hybridized carbons (Fsp3) is 0.235. The largest absolute Gasteiger partial charge is 0.493 e. The molecule has 1 aliphatic rings. The molecule has 1 atom stereocenters. The Bertz CT molecular complexity index is 684. The Labute approximate surface area is 122 Å². The highest BCUT2D eigenvalue weighted by Crippen LogP contribution is 2.31. The predicted molar refractivity (Wildman–Crippen MR) is 77.9 cm³/mol. The van der Waals surface area contributed by atoms with Crippen LogP contribution >= 0.6 is 0 Å². The molecule has 0 saturated carbocycles. The standard InChI is InChI=1S/C17H16FNO2/c1-11-10-12(6-7-14(11)18)17(20)19-15-8-9-21-16-5-3-2-4-13(15)16/h2-7,10,15H,8-9H2,1H3,(H,19,20). The van der Waals surface area contributed by atoms with Gasteiger partial charge in [0.1, 0.15) is 11.6 Å². The highest BCUT2D eigenvalue weighted by Gasteiger charge is 2.23. The molecule has 0 spiro atoms. The molecule has 0 aliphatic carbocycles. The molecule has 0 radical (unpaired) electrons. The first kappa shape index (κ1) is 13.6. The second kappa shape index (κ2) is 5.56. The van der Waals surface area contributed by atoms with Crippen LogP contribution in [0.5, 0.6) is 5.75 Å². The van der Waals surface area contributed by atoms with Crippen LogP contribution in [-0.4, -0.2) is 12.5 Å². The van der Waals surface area contributed by atoms with Gasteiger partial charge in [-0.1, -0.05) is 18.2 Å². The number of ether oxygens (including phenoxy) is 1. The van der Waals surface area contributed by atoms with E-state index in [0.717, 1.165) is 17.7 Å². The number of para-hydroxylation sites is 1. The number of benzene rings is 2. The number of carbonyl (C=O) groups is 1. The minimum absolute atomic E-state index is 0.0761. The van der Waals surface area contributed by atoms with Gasteiger partial charge in [0.25, 0.3) is 5.91 Å². The highest BCUT2D eigenvalue weighted by atomic mass is 19.1. The summed E-state index contributed by atoms with van der Waals surface area (Å²) in [6.07, 6.45) is 0.725. The zero-order valence-electron chi connectivity index (χ0n) is 11.7. The summed E-state index contributed by atoms with van der Waals surface area (Å²) in [5.74, 6) is 0.312. The van der Waals surface area contributed by atoms with Gasteiger partial charge in [-0.3, -0.25) is 4.79 Å². The van der Waals surface area contributed by atoms with Crippen molar-refractivity contribution in [2.45, 2.75) is 19.4 Å². The maximum Gasteiger partial charge on any atom is 0.251 e. The molecule has 4 heteroatoms. The maximum absolute atomic E-state index is 13.3. The molecule has 3 nitrogen and oxygen atoms in total. The molecule has 21 heavy (non-hydrogen) atoms. The van der Waals surface area contributed by atoms with E-state index in [1.165, 1.54) is 12.1 Å². The van der Waals surface area contributed by atoms with E-state index in [0.29, 0.717) is 17.7 Å². The van der Waals surface area contributed by atoms with Gasteiger partial charge in [0.05, 0.1) is 12.6 Å². The molecule has 108 valence electrons. The Morgan fingerprint density at radius 1 is 1.29 bits per heavy atom. The van der Waals surface area contributed by atoms with Gasteiger partial charge < -0.3 is 10.1 Å². The summed E-state index contributed by atoms with van der Waals surface area (Å²) in [5, 5.41) is 3.00. The number of hydrogen-bond donors (Lipinski definition) is 1. The van der Waals surface area contributed by atoms with Crippen LogP contribution in [0.25, 0.3) is 0 Å². The van der Waals surface area contributed by atoms with Crippen LogP contribution in [0, 0.1) is 12.7 Å². The Kier molecular flexibility index (Phi) is 3.60. The number of halogens is 1. The number of fused-ring (bicyclic) bond motifs is 1. The average molecular weight is 285 g/mol. The summed E-state index contributed by atoms with van der Waals surface area (Å²) in [5.41, 5.74) is 1.92. The Morgan fingerprint density at radius 2 is 2.10 bits per heavy atom. The molecule has 2 aromatic rings. The van der Waals surface area contributed by atoms with Gasteiger partial charge in [0.15, 0.2) is 0 Å². The van der Waals surface area contributed by atoms with Crippen molar-refractivity contribution < 1.29 is 13.9 Å². The van der Waals surface area contributed by atoms with Crippen LogP contribution < -0.4 is 10.1 Å². The fourth-order valence-electron chi connectivity index (χ4n) is 2.52. The molecule has 3 rings (SSSR count). The summed E-state index contributed by atoms with van der Waals surface area (Å²) in [6, 6.07) is 12.0. The topological polar surface area (TPSA) is 38.3 Å². The van der Waals surface area contributed by atoms with Gasteiger partial charge in [-0.15, -0.1) is 0 Å². The molecular weight excluding hydrogens is 269 g/mol. The second-order valence-corrected chi connectivity index (χ2v) is 5.16. The average Bonchev–Trinajstić information content (AvgIpc) is 2.50. The van der Waals surface area contributed by atoms with Crippen molar-refractivity contribution in [1.29, 1.82) is 0 Å². The monoisotopic (exact) mass is 285 g/mol. The molecule has 1 amide bonds. The van der Waals surface area contributed by atoms with Crippen molar-refractivity contribution >= 4 is 5.91 Å². The van der Waals surface area contributed by atoms with Gasteiger partial charge >= 0.3 is 0 Å². The molecular formula is C17H16FNO2. The van der Waals surface area contributed by atoms with Crippen molar-refractivity contribution in [1.82, 2.24) is 5.32 Å². The van der Waals surface area contributed by atoms with E-state index in [9.17, 15) is 9.18 Å². The van der Waals surface area contributed by atoms with Crippen molar-refractivity contribution in [2.75, 3.05) is 6.61 Å². The van der Waals surface area contributed by atoms with Gasteiger partial charge in [0, 0.05) is 17.5 Å². The Hall–Kier alpha value is -2.36. The lowest BCUT2D eigenvalue weighted by molar-refractivity contribution is 0.0924. The minimum Gasteiger partial charge on any atom is -0.493 e. The second-order valence-electron chi connectivity index (χ2n) is 5.16.